The predicted octanol–water partition coefficient (Wildman–Crippen LogP) is 1.71. The third-order valence-corrected chi connectivity index (χ3v) is 5.17. The van der Waals surface area contributed by atoms with E-state index in [0.717, 1.165) is 9.80 Å². The van der Waals surface area contributed by atoms with Crippen molar-refractivity contribution in [3.63, 3.8) is 0 Å². The molecular weight excluding hydrogens is 405 g/mol. The van der Waals surface area contributed by atoms with Crippen molar-refractivity contribution in [1.82, 2.24) is 9.80 Å². The molecule has 1 aromatic rings. The maximum absolute atomic E-state index is 13.1. The second-order valence-electron chi connectivity index (χ2n) is 7.29. The summed E-state index contributed by atoms with van der Waals surface area (Å²) < 4.78 is 16.3. The van der Waals surface area contributed by atoms with Gasteiger partial charge in [0.15, 0.2) is 0 Å². The van der Waals surface area contributed by atoms with Gasteiger partial charge in [-0.2, -0.15) is 0 Å². The van der Waals surface area contributed by atoms with E-state index < -0.39 is 36.8 Å². The fourth-order valence-corrected chi connectivity index (χ4v) is 3.95. The molecule has 11 nitrogen and oxygen atoms in total. The van der Waals surface area contributed by atoms with Gasteiger partial charge in [0.1, 0.15) is 12.3 Å². The van der Waals surface area contributed by atoms with Gasteiger partial charge in [0.2, 0.25) is 0 Å². The smallest absolute Gasteiger partial charge is 0.344 e. The Morgan fingerprint density at radius 1 is 1.38 bits per heavy atom. The number of rotatable bonds is 6. The van der Waals surface area contributed by atoms with Gasteiger partial charge in [0, 0.05) is 31.6 Å². The number of fused-ring (bicyclic) bond motifs is 1. The molecule has 0 saturated heterocycles. The number of hydrogen-bond acceptors (Lipinski definition) is 6. The molecule has 0 fully saturated rings. The normalized spacial score (nSPS) is 16.3. The van der Waals surface area contributed by atoms with E-state index in [1.54, 1.807) is 13.8 Å². The van der Waals surface area contributed by atoms with E-state index in [1.165, 1.54) is 25.3 Å². The first-order valence-corrected chi connectivity index (χ1v) is 10.7. The van der Waals surface area contributed by atoms with E-state index in [1.807, 2.05) is 0 Å². The van der Waals surface area contributed by atoms with Crippen molar-refractivity contribution in [2.24, 2.45) is 5.92 Å². The van der Waals surface area contributed by atoms with Crippen LogP contribution in [0.5, 0.6) is 0 Å². The number of esters is 1. The van der Waals surface area contributed by atoms with Crippen LogP contribution in [0.25, 0.3) is 0 Å². The second kappa shape index (κ2) is 8.89. The average Bonchev–Trinajstić information content (AvgIpc) is 2.63. The molecule has 1 aromatic carbocycles. The molecule has 0 bridgehead atoms. The lowest BCUT2D eigenvalue weighted by Gasteiger charge is -2.38. The number of urea groups is 1. The summed E-state index contributed by atoms with van der Waals surface area (Å²) in [5, 5.41) is 11.1. The molecule has 12 heteroatoms. The molecular formula is C17H24N3O8P. The molecule has 29 heavy (non-hydrogen) atoms. The van der Waals surface area contributed by atoms with Crippen LogP contribution in [-0.2, 0) is 27.1 Å². The highest BCUT2D eigenvalue weighted by Gasteiger charge is 2.39. The van der Waals surface area contributed by atoms with Crippen LogP contribution in [0.2, 0.25) is 0 Å². The minimum atomic E-state index is -4.55. The molecule has 1 heterocycles. The number of benzene rings is 1. The molecule has 2 rings (SSSR count). The molecule has 2 amide bonds. The lowest BCUT2D eigenvalue weighted by Crippen LogP contribution is -2.54. The summed E-state index contributed by atoms with van der Waals surface area (Å²) in [6.45, 7) is 3.51. The Morgan fingerprint density at radius 3 is 2.55 bits per heavy atom. The summed E-state index contributed by atoms with van der Waals surface area (Å²) in [7, 11) is -3.37. The second-order valence-corrected chi connectivity index (χ2v) is 8.90. The monoisotopic (exact) mass is 429 g/mol. The molecule has 0 aliphatic carbocycles. The van der Waals surface area contributed by atoms with Crippen molar-refractivity contribution in [2.75, 3.05) is 19.9 Å². The first kappa shape index (κ1) is 22.8. The fourth-order valence-electron chi connectivity index (χ4n) is 3.27. The average molecular weight is 429 g/mol. The topological polar surface area (TPSA) is 151 Å². The van der Waals surface area contributed by atoms with Crippen LogP contribution in [-0.4, -0.2) is 62.5 Å². The highest BCUT2D eigenvalue weighted by Crippen LogP contribution is 2.36. The Morgan fingerprint density at radius 2 is 2.03 bits per heavy atom. The summed E-state index contributed by atoms with van der Waals surface area (Å²) in [5.74, 6) is -0.761. The van der Waals surface area contributed by atoms with Gasteiger partial charge in [-0.15, -0.1) is 0 Å². The van der Waals surface area contributed by atoms with Gasteiger partial charge in [0.05, 0.1) is 12.0 Å². The Kier molecular flexibility index (Phi) is 6.99. The maximum Gasteiger partial charge on any atom is 0.344 e. The van der Waals surface area contributed by atoms with Crippen LogP contribution in [0, 0.1) is 16.0 Å². The first-order valence-electron chi connectivity index (χ1n) is 8.87. The lowest BCUT2D eigenvalue weighted by atomic mass is 9.93. The third-order valence-electron chi connectivity index (χ3n) is 4.46. The van der Waals surface area contributed by atoms with E-state index in [4.69, 9.17) is 4.74 Å². The number of nitrogens with zero attached hydrogens (tertiary/aromatic N) is 3. The summed E-state index contributed by atoms with van der Waals surface area (Å²) in [4.78, 5) is 56.8. The van der Waals surface area contributed by atoms with Gasteiger partial charge in [-0.3, -0.25) is 14.7 Å². The number of carbonyl (C=O) groups is 2. The number of hydrogen-bond donors (Lipinski definition) is 2. The minimum Gasteiger partial charge on any atom is -0.467 e. The number of carbonyl (C=O) groups excluding carboxylic acids is 2. The van der Waals surface area contributed by atoms with Gasteiger partial charge in [-0.1, -0.05) is 19.9 Å². The van der Waals surface area contributed by atoms with Gasteiger partial charge in [-0.25, -0.2) is 9.59 Å². The summed E-state index contributed by atoms with van der Waals surface area (Å²) in [6, 6.07) is 2.44. The summed E-state index contributed by atoms with van der Waals surface area (Å²) in [5.41, 5.74) is 1.01. The quantitative estimate of drug-likeness (QED) is 0.300. The molecule has 1 atom stereocenters. The van der Waals surface area contributed by atoms with Gasteiger partial charge in [0.25, 0.3) is 5.69 Å². The number of ether oxygens (including phenoxy) is 1. The summed E-state index contributed by atoms with van der Waals surface area (Å²) in [6.07, 6.45) is -0.715. The van der Waals surface area contributed by atoms with Crippen LogP contribution < -0.4 is 0 Å². The molecule has 0 aromatic heterocycles. The largest absolute Gasteiger partial charge is 0.467 e. The van der Waals surface area contributed by atoms with E-state index >= 15 is 0 Å². The number of methoxy groups -OCH3 is 1. The van der Waals surface area contributed by atoms with Crippen molar-refractivity contribution in [1.29, 1.82) is 0 Å². The third kappa shape index (κ3) is 5.75. The highest BCUT2D eigenvalue weighted by molar-refractivity contribution is 7.51. The number of non-ortho nitro benzene ring substituents is 1. The SMILES string of the molecule is COC(=O)C1Cc2ccc([N+](=O)[O-])cc2CN1C(=O)N(CC(C)C)CP(=O)(O)O. The number of amides is 2. The van der Waals surface area contributed by atoms with Crippen LogP contribution in [0.3, 0.4) is 0 Å². The zero-order valence-electron chi connectivity index (χ0n) is 16.3. The fraction of sp³-hybridized carbons (Fsp3) is 0.529. The zero-order valence-corrected chi connectivity index (χ0v) is 17.2. The van der Waals surface area contributed by atoms with Crippen LogP contribution >= 0.6 is 7.60 Å². The predicted molar refractivity (Wildman–Crippen MR) is 102 cm³/mol. The Bertz CT molecular complexity index is 853. The molecule has 2 N–H and O–H groups in total. The van der Waals surface area contributed by atoms with Crippen LogP contribution in [0.15, 0.2) is 18.2 Å². The molecule has 0 spiro atoms. The van der Waals surface area contributed by atoms with E-state index in [-0.39, 0.29) is 31.1 Å². The number of nitro groups is 1. The van der Waals surface area contributed by atoms with E-state index in [0.29, 0.717) is 11.1 Å². The van der Waals surface area contributed by atoms with E-state index in [9.17, 15) is 34.1 Å². The standard InChI is InChI=1S/C17H24N3O8P/c1-11(2)8-18(10-29(25,26)27)17(22)19-9-13-6-14(20(23)24)5-4-12(13)7-15(19)16(21)28-3/h4-6,11,15H,7-10H2,1-3H3,(H2,25,26,27). The first-order chi connectivity index (χ1) is 13.4. The van der Waals surface area contributed by atoms with Gasteiger partial charge in [-0.05, 0) is 17.0 Å². The van der Waals surface area contributed by atoms with Crippen molar-refractivity contribution in [3.8, 4) is 0 Å². The molecule has 0 saturated carbocycles. The van der Waals surface area contributed by atoms with Gasteiger partial charge >= 0.3 is 19.6 Å². The minimum absolute atomic E-state index is 0.0656. The van der Waals surface area contributed by atoms with Crippen LogP contribution in [0.4, 0.5) is 10.5 Å². The van der Waals surface area contributed by atoms with Crippen molar-refractivity contribution in [3.05, 3.63) is 39.4 Å². The molecule has 1 unspecified atom stereocenters. The maximum atomic E-state index is 13.1. The molecule has 1 aliphatic heterocycles. The van der Waals surface area contributed by atoms with E-state index in [2.05, 4.69) is 0 Å². The zero-order chi connectivity index (χ0) is 21.9. The Labute approximate surface area is 167 Å². The molecule has 160 valence electrons. The van der Waals surface area contributed by atoms with Crippen LogP contribution in [0.1, 0.15) is 25.0 Å². The molecule has 0 radical (unpaired) electrons. The lowest BCUT2D eigenvalue weighted by molar-refractivity contribution is -0.385. The Hall–Kier alpha value is -2.49. The summed E-state index contributed by atoms with van der Waals surface area (Å²) >= 11 is 0. The number of nitro benzene ring substituents is 1. The van der Waals surface area contributed by atoms with Crippen molar-refractivity contribution < 1.29 is 33.6 Å². The van der Waals surface area contributed by atoms with Crippen molar-refractivity contribution in [2.45, 2.75) is 32.9 Å². The highest BCUT2D eigenvalue weighted by atomic mass is 31.2. The molecule has 1 aliphatic rings. The Balaban J connectivity index is 2.43. The van der Waals surface area contributed by atoms with Crippen molar-refractivity contribution >= 4 is 25.3 Å². The van der Waals surface area contributed by atoms with Gasteiger partial charge < -0.3 is 24.3 Å².